The van der Waals surface area contributed by atoms with Gasteiger partial charge in [0.05, 0.1) is 19.6 Å². The number of anilines is 1. The van der Waals surface area contributed by atoms with Crippen molar-refractivity contribution < 1.29 is 18.7 Å². The van der Waals surface area contributed by atoms with Gasteiger partial charge in [-0.15, -0.1) is 6.42 Å². The second kappa shape index (κ2) is 8.57. The molecule has 0 aliphatic carbocycles. The van der Waals surface area contributed by atoms with E-state index in [9.17, 15) is 14.0 Å². The molecule has 1 heterocycles. The molecule has 6 heteroatoms. The summed E-state index contributed by atoms with van der Waals surface area (Å²) in [6.07, 6.45) is 5.56. The van der Waals surface area contributed by atoms with E-state index in [2.05, 4.69) is 5.92 Å². The number of methoxy groups -OCH3 is 1. The maximum absolute atomic E-state index is 13.1. The fourth-order valence-electron chi connectivity index (χ4n) is 3.28. The summed E-state index contributed by atoms with van der Waals surface area (Å²) in [6.45, 7) is 0.703. The van der Waals surface area contributed by atoms with E-state index in [4.69, 9.17) is 11.2 Å². The number of ether oxygens (including phenoxy) is 1. The van der Waals surface area contributed by atoms with Crippen molar-refractivity contribution in [1.82, 2.24) is 4.90 Å². The molecule has 3 rings (SSSR count). The SMILES string of the molecule is C#CCN(Cc1ccc(F)cc1)C(=O)C1CC(=O)N(c2ccc(OC)cc2)C1. The Morgan fingerprint density at radius 1 is 1.25 bits per heavy atom. The van der Waals surface area contributed by atoms with Crippen LogP contribution in [0.4, 0.5) is 10.1 Å². The van der Waals surface area contributed by atoms with Crippen LogP contribution >= 0.6 is 0 Å². The number of carbonyl (C=O) groups is 2. The summed E-state index contributed by atoms with van der Waals surface area (Å²) >= 11 is 0. The zero-order chi connectivity index (χ0) is 20.1. The Morgan fingerprint density at radius 2 is 1.93 bits per heavy atom. The van der Waals surface area contributed by atoms with Gasteiger partial charge in [0.1, 0.15) is 11.6 Å². The van der Waals surface area contributed by atoms with E-state index < -0.39 is 5.92 Å². The van der Waals surface area contributed by atoms with Gasteiger partial charge < -0.3 is 14.5 Å². The smallest absolute Gasteiger partial charge is 0.229 e. The Kier molecular flexibility index (Phi) is 5.95. The van der Waals surface area contributed by atoms with Crippen molar-refractivity contribution in [3.63, 3.8) is 0 Å². The normalized spacial score (nSPS) is 16.0. The van der Waals surface area contributed by atoms with Crippen molar-refractivity contribution in [2.75, 3.05) is 25.1 Å². The Morgan fingerprint density at radius 3 is 2.54 bits per heavy atom. The average molecular weight is 380 g/mol. The van der Waals surface area contributed by atoms with E-state index in [1.54, 1.807) is 48.4 Å². The molecule has 0 radical (unpaired) electrons. The second-order valence-electron chi connectivity index (χ2n) is 6.63. The summed E-state index contributed by atoms with van der Waals surface area (Å²) in [5.41, 5.74) is 1.50. The molecule has 0 spiro atoms. The van der Waals surface area contributed by atoms with Crippen LogP contribution in [0.3, 0.4) is 0 Å². The number of benzene rings is 2. The molecule has 0 bridgehead atoms. The van der Waals surface area contributed by atoms with Gasteiger partial charge >= 0.3 is 0 Å². The number of hydrogen-bond acceptors (Lipinski definition) is 3. The molecule has 0 saturated carbocycles. The monoisotopic (exact) mass is 380 g/mol. The molecule has 0 aromatic heterocycles. The lowest BCUT2D eigenvalue weighted by molar-refractivity contribution is -0.135. The van der Waals surface area contributed by atoms with Gasteiger partial charge in [-0.2, -0.15) is 0 Å². The summed E-state index contributed by atoms with van der Waals surface area (Å²) in [5.74, 6) is 2.10. The van der Waals surface area contributed by atoms with Crippen LogP contribution in [0, 0.1) is 24.1 Å². The molecule has 5 nitrogen and oxygen atoms in total. The lowest BCUT2D eigenvalue weighted by atomic mass is 10.1. The largest absolute Gasteiger partial charge is 0.497 e. The maximum Gasteiger partial charge on any atom is 0.229 e. The number of amides is 2. The molecule has 0 N–H and O–H groups in total. The third kappa shape index (κ3) is 4.32. The van der Waals surface area contributed by atoms with E-state index in [0.717, 1.165) is 11.3 Å². The van der Waals surface area contributed by atoms with Gasteiger partial charge in [-0.05, 0) is 42.0 Å². The van der Waals surface area contributed by atoms with Gasteiger partial charge in [0.25, 0.3) is 0 Å². The third-order valence-corrected chi connectivity index (χ3v) is 4.74. The molecule has 1 aliphatic rings. The molecule has 28 heavy (non-hydrogen) atoms. The van der Waals surface area contributed by atoms with E-state index in [1.807, 2.05) is 0 Å². The van der Waals surface area contributed by atoms with E-state index in [0.29, 0.717) is 12.3 Å². The van der Waals surface area contributed by atoms with Crippen LogP contribution in [0.1, 0.15) is 12.0 Å². The van der Waals surface area contributed by atoms with Crippen molar-refractivity contribution in [1.29, 1.82) is 0 Å². The highest BCUT2D eigenvalue weighted by molar-refractivity contribution is 6.00. The van der Waals surface area contributed by atoms with Crippen LogP contribution in [-0.4, -0.2) is 36.9 Å². The van der Waals surface area contributed by atoms with Crippen molar-refractivity contribution in [2.45, 2.75) is 13.0 Å². The van der Waals surface area contributed by atoms with Crippen molar-refractivity contribution in [3.8, 4) is 18.1 Å². The Balaban J connectivity index is 1.71. The molecule has 144 valence electrons. The van der Waals surface area contributed by atoms with Crippen molar-refractivity contribution in [3.05, 3.63) is 59.9 Å². The summed E-state index contributed by atoms with van der Waals surface area (Å²) in [7, 11) is 1.58. The predicted molar refractivity (Wildman–Crippen MR) is 104 cm³/mol. The Labute approximate surface area is 163 Å². The number of nitrogens with zero attached hydrogens (tertiary/aromatic N) is 2. The van der Waals surface area contributed by atoms with E-state index in [1.165, 1.54) is 17.0 Å². The highest BCUT2D eigenvalue weighted by atomic mass is 19.1. The number of hydrogen-bond donors (Lipinski definition) is 0. The zero-order valence-electron chi connectivity index (χ0n) is 15.6. The van der Waals surface area contributed by atoms with Crippen LogP contribution in [0.25, 0.3) is 0 Å². The lowest BCUT2D eigenvalue weighted by Gasteiger charge is -2.24. The second-order valence-corrected chi connectivity index (χ2v) is 6.63. The minimum Gasteiger partial charge on any atom is -0.497 e. The predicted octanol–water partition coefficient (Wildman–Crippen LogP) is 2.85. The maximum atomic E-state index is 13.1. The molecular formula is C22H21FN2O3. The first-order chi connectivity index (χ1) is 13.5. The van der Waals surface area contributed by atoms with Crippen LogP contribution < -0.4 is 9.64 Å². The van der Waals surface area contributed by atoms with Gasteiger partial charge in [-0.1, -0.05) is 18.1 Å². The summed E-state index contributed by atoms with van der Waals surface area (Å²) in [6, 6.07) is 13.1. The standard InChI is InChI=1S/C22H21FN2O3/c1-3-12-24(14-16-4-6-18(23)7-5-16)22(27)17-13-21(26)25(15-17)19-8-10-20(28-2)11-9-19/h1,4-11,17H,12-15H2,2H3. The molecule has 1 unspecified atom stereocenters. The van der Waals surface area contributed by atoms with E-state index in [-0.39, 0.29) is 37.1 Å². The minimum atomic E-state index is -0.469. The molecule has 1 saturated heterocycles. The van der Waals surface area contributed by atoms with Gasteiger partial charge in [0.2, 0.25) is 11.8 Å². The number of terminal acetylenes is 1. The zero-order valence-corrected chi connectivity index (χ0v) is 15.6. The van der Waals surface area contributed by atoms with Crippen LogP contribution in [0.15, 0.2) is 48.5 Å². The topological polar surface area (TPSA) is 49.9 Å². The van der Waals surface area contributed by atoms with E-state index >= 15 is 0 Å². The van der Waals surface area contributed by atoms with Gasteiger partial charge in [-0.25, -0.2) is 4.39 Å². The van der Waals surface area contributed by atoms with Crippen LogP contribution in [-0.2, 0) is 16.1 Å². The van der Waals surface area contributed by atoms with Gasteiger partial charge in [-0.3, -0.25) is 9.59 Å². The Bertz CT molecular complexity index is 887. The Hall–Kier alpha value is -3.33. The first kappa shape index (κ1) is 19.4. The summed E-state index contributed by atoms with van der Waals surface area (Å²) in [4.78, 5) is 28.6. The number of carbonyl (C=O) groups excluding carboxylic acids is 2. The van der Waals surface area contributed by atoms with Crippen LogP contribution in [0.5, 0.6) is 5.75 Å². The minimum absolute atomic E-state index is 0.106. The third-order valence-electron chi connectivity index (χ3n) is 4.74. The number of rotatable bonds is 6. The first-order valence-electron chi connectivity index (χ1n) is 8.93. The molecule has 2 aromatic rings. The fourth-order valence-corrected chi connectivity index (χ4v) is 3.28. The molecule has 1 aliphatic heterocycles. The first-order valence-corrected chi connectivity index (χ1v) is 8.93. The molecule has 1 fully saturated rings. The number of halogens is 1. The van der Waals surface area contributed by atoms with Crippen molar-refractivity contribution >= 4 is 17.5 Å². The highest BCUT2D eigenvalue weighted by Crippen LogP contribution is 2.28. The molecular weight excluding hydrogens is 359 g/mol. The summed E-state index contributed by atoms with van der Waals surface area (Å²) < 4.78 is 18.2. The quantitative estimate of drug-likeness (QED) is 0.724. The van der Waals surface area contributed by atoms with Gasteiger partial charge in [0.15, 0.2) is 0 Å². The van der Waals surface area contributed by atoms with Crippen molar-refractivity contribution in [2.24, 2.45) is 5.92 Å². The molecule has 2 aromatic carbocycles. The molecule has 2 amide bonds. The molecule has 1 atom stereocenters. The highest BCUT2D eigenvalue weighted by Gasteiger charge is 2.37. The average Bonchev–Trinajstić information content (AvgIpc) is 3.10. The summed E-state index contributed by atoms with van der Waals surface area (Å²) in [5, 5.41) is 0. The van der Waals surface area contributed by atoms with Gasteiger partial charge in [0, 0.05) is 25.2 Å². The lowest BCUT2D eigenvalue weighted by Crippen LogP contribution is -2.37. The fraction of sp³-hybridized carbons (Fsp3) is 0.273. The van der Waals surface area contributed by atoms with Crippen LogP contribution in [0.2, 0.25) is 0 Å².